The molecule has 2 rings (SSSR count). The molecule has 0 fully saturated rings. The summed E-state index contributed by atoms with van der Waals surface area (Å²) in [4.78, 5) is 19.7. The largest absolute Gasteiger partial charge is 0.448 e. The van der Waals surface area contributed by atoms with Gasteiger partial charge in [-0.2, -0.15) is 0 Å². The van der Waals surface area contributed by atoms with Crippen LogP contribution in [0, 0.1) is 0 Å². The fraction of sp³-hybridized carbons (Fsp3) is 0.300. The number of nitrogens with two attached hydrogens (primary N) is 1. The summed E-state index contributed by atoms with van der Waals surface area (Å²) in [6, 6.07) is 0. The Bertz CT molecular complexity index is 520. The van der Waals surface area contributed by atoms with Gasteiger partial charge in [-0.3, -0.25) is 4.79 Å². The van der Waals surface area contributed by atoms with Gasteiger partial charge in [0.25, 0.3) is 5.91 Å². The number of carbonyl (C=O) groups is 1. The van der Waals surface area contributed by atoms with Crippen LogP contribution in [-0.4, -0.2) is 15.9 Å². The van der Waals surface area contributed by atoms with E-state index in [2.05, 4.69) is 15.3 Å². The molecule has 1 amide bonds. The van der Waals surface area contributed by atoms with Crippen molar-refractivity contribution in [2.45, 2.75) is 19.9 Å². The normalized spacial score (nSPS) is 10.4. The highest BCUT2D eigenvalue weighted by Crippen LogP contribution is 2.11. The van der Waals surface area contributed by atoms with Crippen molar-refractivity contribution in [2.75, 3.05) is 5.73 Å². The molecule has 0 saturated heterocycles. The van der Waals surface area contributed by atoms with E-state index in [1.165, 1.54) is 17.7 Å². The lowest BCUT2D eigenvalue weighted by molar-refractivity contribution is 0.0944. The van der Waals surface area contributed by atoms with Crippen LogP contribution in [0.25, 0.3) is 0 Å². The Morgan fingerprint density at radius 2 is 2.47 bits per heavy atom. The second-order valence-corrected chi connectivity index (χ2v) is 4.23. The van der Waals surface area contributed by atoms with E-state index in [1.54, 1.807) is 5.38 Å². The SMILES string of the molecule is CCc1ocnc1C(=O)NCc1csc(N)n1. The summed E-state index contributed by atoms with van der Waals surface area (Å²) >= 11 is 1.34. The van der Waals surface area contributed by atoms with Crippen molar-refractivity contribution in [1.82, 2.24) is 15.3 Å². The van der Waals surface area contributed by atoms with Crippen molar-refractivity contribution >= 4 is 22.4 Å². The first-order valence-electron chi connectivity index (χ1n) is 5.11. The number of anilines is 1. The third-order valence-electron chi connectivity index (χ3n) is 2.18. The summed E-state index contributed by atoms with van der Waals surface area (Å²) in [6.45, 7) is 2.24. The third-order valence-corrected chi connectivity index (χ3v) is 2.90. The fourth-order valence-corrected chi connectivity index (χ4v) is 1.93. The number of nitrogen functional groups attached to an aromatic ring is 1. The lowest BCUT2D eigenvalue weighted by Gasteiger charge is -2.01. The highest BCUT2D eigenvalue weighted by Gasteiger charge is 2.15. The summed E-state index contributed by atoms with van der Waals surface area (Å²) in [5, 5.41) is 5.01. The Morgan fingerprint density at radius 3 is 3.12 bits per heavy atom. The van der Waals surface area contributed by atoms with Crippen LogP contribution in [0.1, 0.15) is 28.9 Å². The Morgan fingerprint density at radius 1 is 1.65 bits per heavy atom. The Labute approximate surface area is 102 Å². The molecule has 0 spiro atoms. The standard InChI is InChI=1S/C10H12N4O2S/c1-2-7-8(13-5-16-7)9(15)12-3-6-4-17-10(11)14-6/h4-5H,2-3H2,1H3,(H2,11,14)(H,12,15). The molecule has 0 aromatic carbocycles. The highest BCUT2D eigenvalue weighted by molar-refractivity contribution is 7.13. The van der Waals surface area contributed by atoms with Gasteiger partial charge in [0.2, 0.25) is 0 Å². The zero-order valence-electron chi connectivity index (χ0n) is 9.27. The molecular weight excluding hydrogens is 240 g/mol. The molecule has 17 heavy (non-hydrogen) atoms. The van der Waals surface area contributed by atoms with Gasteiger partial charge in [0, 0.05) is 11.8 Å². The molecule has 7 heteroatoms. The summed E-state index contributed by atoms with van der Waals surface area (Å²) < 4.78 is 5.09. The van der Waals surface area contributed by atoms with Gasteiger partial charge in [-0.15, -0.1) is 11.3 Å². The molecule has 3 N–H and O–H groups in total. The molecule has 0 aliphatic carbocycles. The number of amides is 1. The van der Waals surface area contributed by atoms with E-state index in [0.717, 1.165) is 5.69 Å². The monoisotopic (exact) mass is 252 g/mol. The molecule has 0 atom stereocenters. The number of hydrogen-bond acceptors (Lipinski definition) is 6. The first-order valence-corrected chi connectivity index (χ1v) is 5.99. The van der Waals surface area contributed by atoms with Crippen molar-refractivity contribution in [3.8, 4) is 0 Å². The van der Waals surface area contributed by atoms with E-state index in [9.17, 15) is 4.79 Å². The van der Waals surface area contributed by atoms with Crippen molar-refractivity contribution in [2.24, 2.45) is 0 Å². The van der Waals surface area contributed by atoms with E-state index >= 15 is 0 Å². The van der Waals surface area contributed by atoms with Gasteiger partial charge in [-0.05, 0) is 0 Å². The number of oxazole rings is 1. The first kappa shape index (κ1) is 11.6. The van der Waals surface area contributed by atoms with E-state index in [4.69, 9.17) is 10.2 Å². The molecular formula is C10H12N4O2S. The first-order chi connectivity index (χ1) is 8.20. The molecule has 0 unspecified atom stereocenters. The van der Waals surface area contributed by atoms with Crippen molar-refractivity contribution in [3.63, 3.8) is 0 Å². The fourth-order valence-electron chi connectivity index (χ4n) is 1.36. The van der Waals surface area contributed by atoms with Crippen LogP contribution in [0.2, 0.25) is 0 Å². The molecule has 0 aliphatic heterocycles. The molecule has 6 nitrogen and oxygen atoms in total. The van der Waals surface area contributed by atoms with Gasteiger partial charge in [-0.25, -0.2) is 9.97 Å². The number of carbonyl (C=O) groups excluding carboxylic acids is 1. The molecule has 0 saturated carbocycles. The third kappa shape index (κ3) is 2.62. The number of aryl methyl sites for hydroxylation is 1. The Hall–Kier alpha value is -1.89. The van der Waals surface area contributed by atoms with Crippen LogP contribution in [-0.2, 0) is 13.0 Å². The zero-order valence-corrected chi connectivity index (χ0v) is 10.1. The number of nitrogens with zero attached hydrogens (tertiary/aromatic N) is 2. The Kier molecular flexibility index (Phi) is 3.38. The number of thiazole rings is 1. The van der Waals surface area contributed by atoms with Crippen LogP contribution in [0.4, 0.5) is 5.13 Å². The van der Waals surface area contributed by atoms with Crippen LogP contribution >= 0.6 is 11.3 Å². The molecule has 2 heterocycles. The predicted molar refractivity (Wildman–Crippen MR) is 63.6 cm³/mol. The minimum atomic E-state index is -0.262. The van der Waals surface area contributed by atoms with Gasteiger partial charge in [0.05, 0.1) is 12.2 Å². The average Bonchev–Trinajstić information content (AvgIpc) is 2.94. The quantitative estimate of drug-likeness (QED) is 0.852. The minimum absolute atomic E-state index is 0.262. The topological polar surface area (TPSA) is 94.0 Å². The maximum absolute atomic E-state index is 11.8. The van der Waals surface area contributed by atoms with Gasteiger partial charge in [0.15, 0.2) is 17.2 Å². The minimum Gasteiger partial charge on any atom is -0.448 e. The number of rotatable bonds is 4. The lowest BCUT2D eigenvalue weighted by Crippen LogP contribution is -2.24. The average molecular weight is 252 g/mol. The molecule has 2 aromatic rings. The van der Waals surface area contributed by atoms with E-state index in [1.807, 2.05) is 6.92 Å². The summed E-state index contributed by atoms with van der Waals surface area (Å²) in [6.07, 6.45) is 1.90. The van der Waals surface area contributed by atoms with Crippen molar-refractivity contribution in [1.29, 1.82) is 0 Å². The van der Waals surface area contributed by atoms with Crippen molar-refractivity contribution in [3.05, 3.63) is 28.9 Å². The number of aromatic nitrogens is 2. The van der Waals surface area contributed by atoms with Crippen molar-refractivity contribution < 1.29 is 9.21 Å². The van der Waals surface area contributed by atoms with Crippen LogP contribution in [0.3, 0.4) is 0 Å². The molecule has 2 aromatic heterocycles. The summed E-state index contributed by atoms with van der Waals surface area (Å²) in [7, 11) is 0. The molecule has 0 radical (unpaired) electrons. The van der Waals surface area contributed by atoms with Gasteiger partial charge < -0.3 is 15.5 Å². The van der Waals surface area contributed by atoms with Gasteiger partial charge >= 0.3 is 0 Å². The maximum Gasteiger partial charge on any atom is 0.273 e. The predicted octanol–water partition coefficient (Wildman–Crippen LogP) is 1.21. The lowest BCUT2D eigenvalue weighted by atomic mass is 10.2. The van der Waals surface area contributed by atoms with Crippen LogP contribution in [0.15, 0.2) is 16.2 Å². The summed E-state index contributed by atoms with van der Waals surface area (Å²) in [5.41, 5.74) is 6.56. The maximum atomic E-state index is 11.8. The summed E-state index contributed by atoms with van der Waals surface area (Å²) in [5.74, 6) is 0.322. The zero-order chi connectivity index (χ0) is 12.3. The second kappa shape index (κ2) is 4.96. The van der Waals surface area contributed by atoms with Gasteiger partial charge in [-0.1, -0.05) is 6.92 Å². The molecule has 0 aliphatic rings. The van der Waals surface area contributed by atoms with E-state index in [-0.39, 0.29) is 5.91 Å². The van der Waals surface area contributed by atoms with Crippen LogP contribution < -0.4 is 11.1 Å². The molecule has 0 bridgehead atoms. The van der Waals surface area contributed by atoms with E-state index < -0.39 is 0 Å². The molecule has 90 valence electrons. The smallest absolute Gasteiger partial charge is 0.273 e. The van der Waals surface area contributed by atoms with E-state index in [0.29, 0.717) is 29.6 Å². The number of nitrogens with one attached hydrogen (secondary N) is 1. The number of hydrogen-bond donors (Lipinski definition) is 2. The highest BCUT2D eigenvalue weighted by atomic mass is 32.1. The van der Waals surface area contributed by atoms with Gasteiger partial charge in [0.1, 0.15) is 5.76 Å². The second-order valence-electron chi connectivity index (χ2n) is 3.34. The van der Waals surface area contributed by atoms with Crippen LogP contribution in [0.5, 0.6) is 0 Å². The Balaban J connectivity index is 1.98.